The molecule has 0 atom stereocenters. The van der Waals surface area contributed by atoms with Gasteiger partial charge in [0.05, 0.1) is 9.85 Å². The van der Waals surface area contributed by atoms with E-state index in [0.717, 1.165) is 6.07 Å². The van der Waals surface area contributed by atoms with Crippen molar-refractivity contribution >= 4 is 21.5 Å². The number of non-ortho nitro benzene ring substituents is 1. The van der Waals surface area contributed by atoms with Crippen LogP contribution < -0.4 is 0 Å². The minimum absolute atomic E-state index is 0.362. The maximum Gasteiger partial charge on any atom is 0.287 e. The molecule has 0 aliphatic heterocycles. The van der Waals surface area contributed by atoms with Crippen molar-refractivity contribution < 1.29 is 22.8 Å². The van der Waals surface area contributed by atoms with Crippen LogP contribution in [0.5, 0.6) is 0 Å². The first kappa shape index (κ1) is 12.0. The predicted octanol–water partition coefficient (Wildman–Crippen LogP) is 0.407. The summed E-state index contributed by atoms with van der Waals surface area (Å²) >= 11 is 0. The highest BCUT2D eigenvalue weighted by Crippen LogP contribution is 2.27. The second-order valence-corrected chi connectivity index (χ2v) is 3.97. The van der Waals surface area contributed by atoms with Gasteiger partial charge in [-0.2, -0.15) is 0 Å². The third-order valence-corrected chi connectivity index (χ3v) is 2.49. The monoisotopic (exact) mass is 247 g/mol. The molecule has 9 nitrogen and oxygen atoms in total. The smallest absolute Gasteiger partial charge is 0.287 e. The summed E-state index contributed by atoms with van der Waals surface area (Å²) in [6, 6.07) is 1.70. The van der Waals surface area contributed by atoms with Crippen molar-refractivity contribution in [3.05, 3.63) is 38.4 Å². The lowest BCUT2D eigenvalue weighted by Crippen LogP contribution is -2.04. The Bertz CT molecular complexity index is 564. The van der Waals surface area contributed by atoms with Crippen LogP contribution in [0.3, 0.4) is 0 Å². The number of nitro benzene ring substituents is 2. The van der Waals surface area contributed by atoms with Crippen LogP contribution in [0.4, 0.5) is 11.4 Å². The summed E-state index contributed by atoms with van der Waals surface area (Å²) in [6.45, 7) is 0. The van der Waals surface area contributed by atoms with Crippen molar-refractivity contribution in [1.29, 1.82) is 0 Å². The molecule has 0 amide bonds. The number of hydrogen-bond donors (Lipinski definition) is 0. The molecule has 0 radical (unpaired) electrons. The van der Waals surface area contributed by atoms with E-state index in [-0.39, 0.29) is 0 Å². The molecule has 1 aromatic rings. The summed E-state index contributed by atoms with van der Waals surface area (Å²) in [6.07, 6.45) is 0. The molecule has 16 heavy (non-hydrogen) atoms. The lowest BCUT2D eigenvalue weighted by atomic mass is 10.3. The first-order valence-corrected chi connectivity index (χ1v) is 5.03. The van der Waals surface area contributed by atoms with Gasteiger partial charge in [-0.15, -0.1) is 0 Å². The summed E-state index contributed by atoms with van der Waals surface area (Å²) in [4.78, 5) is 17.4. The van der Waals surface area contributed by atoms with Crippen LogP contribution in [0.2, 0.25) is 0 Å². The van der Waals surface area contributed by atoms with Crippen molar-refractivity contribution in [2.45, 2.75) is 4.90 Å². The largest absolute Gasteiger partial charge is 0.744 e. The molecule has 0 fully saturated rings. The fraction of sp³-hybridized carbons (Fsp3) is 0. The molecule has 0 unspecified atom stereocenters. The summed E-state index contributed by atoms with van der Waals surface area (Å²) in [5.74, 6) is 0. The Morgan fingerprint density at radius 3 is 2.00 bits per heavy atom. The van der Waals surface area contributed by atoms with Crippen molar-refractivity contribution in [1.82, 2.24) is 0 Å². The van der Waals surface area contributed by atoms with Gasteiger partial charge >= 0.3 is 0 Å². The highest BCUT2D eigenvalue weighted by molar-refractivity contribution is 7.85. The summed E-state index contributed by atoms with van der Waals surface area (Å²) < 4.78 is 32.0. The van der Waals surface area contributed by atoms with Gasteiger partial charge in [0, 0.05) is 18.2 Å². The van der Waals surface area contributed by atoms with Gasteiger partial charge in [0.1, 0.15) is 15.0 Å². The fourth-order valence-corrected chi connectivity index (χ4v) is 1.63. The minimum atomic E-state index is -5.13. The maximum absolute atomic E-state index is 10.7. The maximum atomic E-state index is 10.7. The predicted molar refractivity (Wildman–Crippen MR) is 47.7 cm³/mol. The second-order valence-electron chi connectivity index (χ2n) is 2.62. The van der Waals surface area contributed by atoms with Gasteiger partial charge < -0.3 is 4.55 Å². The second kappa shape index (κ2) is 3.83. The highest BCUT2D eigenvalue weighted by Gasteiger charge is 2.22. The van der Waals surface area contributed by atoms with E-state index in [1.807, 2.05) is 0 Å². The molecule has 1 rings (SSSR count). The average Bonchev–Trinajstić information content (AvgIpc) is 2.15. The number of benzene rings is 1. The molecule has 0 heterocycles. The first-order chi connectivity index (χ1) is 7.23. The Hall–Kier alpha value is -2.07. The fourth-order valence-electron chi connectivity index (χ4n) is 0.967. The third-order valence-electron chi connectivity index (χ3n) is 1.62. The summed E-state index contributed by atoms with van der Waals surface area (Å²) in [5.41, 5.74) is -1.69. The van der Waals surface area contributed by atoms with E-state index >= 15 is 0 Å². The third kappa shape index (κ3) is 2.29. The van der Waals surface area contributed by atoms with Crippen molar-refractivity contribution in [3.8, 4) is 0 Å². The molecule has 0 spiro atoms. The van der Waals surface area contributed by atoms with E-state index in [9.17, 15) is 33.2 Å². The van der Waals surface area contributed by atoms with E-state index in [2.05, 4.69) is 0 Å². The van der Waals surface area contributed by atoms with E-state index < -0.39 is 36.2 Å². The zero-order valence-corrected chi connectivity index (χ0v) is 8.21. The standard InChI is InChI=1S/C6H4N2O7S/c9-7(10)4-1-2-5(8(11)12)6(3-4)16(13,14)15/h1-3H,(H,13,14,15)/p-1. The van der Waals surface area contributed by atoms with Crippen LogP contribution in [-0.4, -0.2) is 22.8 Å². The Morgan fingerprint density at radius 2 is 1.62 bits per heavy atom. The molecule has 0 aliphatic rings. The number of hydrogen-bond acceptors (Lipinski definition) is 7. The van der Waals surface area contributed by atoms with Crippen LogP contribution >= 0.6 is 0 Å². The zero-order valence-electron chi connectivity index (χ0n) is 7.39. The molecule has 0 aromatic heterocycles. The average molecular weight is 247 g/mol. The Labute approximate surface area is 88.4 Å². The quantitative estimate of drug-likeness (QED) is 0.427. The summed E-state index contributed by atoms with van der Waals surface area (Å²) in [5, 5.41) is 20.7. The minimum Gasteiger partial charge on any atom is -0.744 e. The molecule has 0 aliphatic carbocycles. The number of nitrogens with zero attached hydrogens (tertiary/aromatic N) is 2. The Kier molecular flexibility index (Phi) is 2.87. The van der Waals surface area contributed by atoms with Crippen LogP contribution in [-0.2, 0) is 10.1 Å². The zero-order chi connectivity index (χ0) is 12.5. The number of rotatable bonds is 3. The Morgan fingerprint density at radius 1 is 1.06 bits per heavy atom. The van der Waals surface area contributed by atoms with Crippen molar-refractivity contribution in [2.75, 3.05) is 0 Å². The van der Waals surface area contributed by atoms with Gasteiger partial charge in [0.2, 0.25) is 0 Å². The molecule has 0 bridgehead atoms. The van der Waals surface area contributed by atoms with Gasteiger partial charge in [-0.05, 0) is 0 Å². The molecule has 86 valence electrons. The van der Waals surface area contributed by atoms with Crippen LogP contribution in [0, 0.1) is 20.2 Å². The first-order valence-electron chi connectivity index (χ1n) is 3.62. The van der Waals surface area contributed by atoms with Crippen LogP contribution in [0.25, 0.3) is 0 Å². The van der Waals surface area contributed by atoms with Gasteiger partial charge in [-0.3, -0.25) is 20.2 Å². The van der Waals surface area contributed by atoms with Gasteiger partial charge in [-0.1, -0.05) is 0 Å². The van der Waals surface area contributed by atoms with Crippen LogP contribution in [0.15, 0.2) is 23.1 Å². The van der Waals surface area contributed by atoms with E-state index in [1.165, 1.54) is 0 Å². The highest BCUT2D eigenvalue weighted by atomic mass is 32.2. The van der Waals surface area contributed by atoms with E-state index in [1.54, 1.807) is 0 Å². The molecular formula is C6H3N2O7S-. The molecule has 1 aromatic carbocycles. The lowest BCUT2D eigenvalue weighted by Gasteiger charge is -2.06. The molecule has 0 N–H and O–H groups in total. The van der Waals surface area contributed by atoms with Crippen molar-refractivity contribution in [2.24, 2.45) is 0 Å². The number of nitro groups is 2. The van der Waals surface area contributed by atoms with Gasteiger partial charge in [-0.25, -0.2) is 8.42 Å². The molecule has 0 saturated heterocycles. The van der Waals surface area contributed by atoms with E-state index in [0.29, 0.717) is 12.1 Å². The molecule has 0 saturated carbocycles. The van der Waals surface area contributed by atoms with E-state index in [4.69, 9.17) is 0 Å². The molecular weight excluding hydrogens is 244 g/mol. The summed E-state index contributed by atoms with van der Waals surface area (Å²) in [7, 11) is -5.13. The molecule has 10 heteroatoms. The van der Waals surface area contributed by atoms with Crippen LogP contribution in [0.1, 0.15) is 0 Å². The Balaban J connectivity index is 3.58. The van der Waals surface area contributed by atoms with Gasteiger partial charge in [0.15, 0.2) is 0 Å². The SMILES string of the molecule is O=[N+]([O-])c1ccc([N+](=O)[O-])c(S(=O)(=O)[O-])c1. The lowest BCUT2D eigenvalue weighted by molar-refractivity contribution is -0.391. The van der Waals surface area contributed by atoms with Crippen molar-refractivity contribution in [3.63, 3.8) is 0 Å². The van der Waals surface area contributed by atoms with Gasteiger partial charge in [0.25, 0.3) is 11.4 Å². The topological polar surface area (TPSA) is 143 Å². The normalized spacial score (nSPS) is 11.1.